The van der Waals surface area contributed by atoms with Crippen LogP contribution in [0.1, 0.15) is 25.7 Å². The van der Waals surface area contributed by atoms with E-state index in [0.29, 0.717) is 15.9 Å². The van der Waals surface area contributed by atoms with E-state index in [-0.39, 0.29) is 4.90 Å². The summed E-state index contributed by atoms with van der Waals surface area (Å²) in [4.78, 5) is -0.155. The molecular weight excluding hydrogens is 440 g/mol. The average Bonchev–Trinajstić information content (AvgIpc) is 2.70. The molecule has 0 saturated carbocycles. The largest absolute Gasteiger partial charge is 0.362 e. The zero-order valence-corrected chi connectivity index (χ0v) is 18.9. The van der Waals surface area contributed by atoms with E-state index in [9.17, 15) is 8.42 Å². The number of benzene rings is 2. The number of thiocarbonyl (C=S) groups is 2. The number of rotatable bonds is 10. The lowest BCUT2D eigenvalue weighted by Gasteiger charge is -2.11. The third-order valence-electron chi connectivity index (χ3n) is 4.12. The first-order valence-electron chi connectivity index (χ1n) is 9.57. The maximum absolute atomic E-state index is 11.0. The van der Waals surface area contributed by atoms with E-state index in [0.717, 1.165) is 44.5 Å². The summed E-state index contributed by atoms with van der Waals surface area (Å²) >= 11 is 10.5. The Morgan fingerprint density at radius 1 is 0.733 bits per heavy atom. The fourth-order valence-electron chi connectivity index (χ4n) is 2.59. The Balaban J connectivity index is 1.50. The minimum absolute atomic E-state index is 0.155. The van der Waals surface area contributed by atoms with E-state index in [2.05, 4.69) is 21.3 Å². The fourth-order valence-corrected chi connectivity index (χ4v) is 3.51. The van der Waals surface area contributed by atoms with Gasteiger partial charge in [-0.25, -0.2) is 0 Å². The van der Waals surface area contributed by atoms with Gasteiger partial charge in [0.1, 0.15) is 0 Å². The third-order valence-corrected chi connectivity index (χ3v) is 5.48. The van der Waals surface area contributed by atoms with E-state index in [1.165, 1.54) is 12.1 Å². The van der Waals surface area contributed by atoms with Gasteiger partial charge in [0, 0.05) is 24.5 Å². The predicted octanol–water partition coefficient (Wildman–Crippen LogP) is 3.77. The number of hydrogen-bond acceptors (Lipinski definition) is 4. The van der Waals surface area contributed by atoms with E-state index in [1.807, 2.05) is 30.3 Å². The second-order valence-electron chi connectivity index (χ2n) is 6.54. The lowest BCUT2D eigenvalue weighted by molar-refractivity contribution is 0.483. The predicted molar refractivity (Wildman–Crippen MR) is 130 cm³/mol. The topological polar surface area (TPSA) is 102 Å². The van der Waals surface area contributed by atoms with Crippen molar-refractivity contribution in [2.45, 2.75) is 30.6 Å². The van der Waals surface area contributed by atoms with Gasteiger partial charge in [-0.15, -0.1) is 0 Å². The van der Waals surface area contributed by atoms with Crippen LogP contribution in [0.2, 0.25) is 0 Å². The first-order chi connectivity index (χ1) is 14.3. The van der Waals surface area contributed by atoms with Crippen molar-refractivity contribution in [3.63, 3.8) is 0 Å². The highest BCUT2D eigenvalue weighted by Gasteiger charge is 2.08. The maximum atomic E-state index is 11.0. The van der Waals surface area contributed by atoms with Crippen LogP contribution in [0.4, 0.5) is 11.4 Å². The zero-order valence-electron chi connectivity index (χ0n) is 16.4. The molecule has 0 aromatic heterocycles. The smallest absolute Gasteiger partial charge is 0.294 e. The summed E-state index contributed by atoms with van der Waals surface area (Å²) in [6.07, 6.45) is 4.16. The van der Waals surface area contributed by atoms with E-state index >= 15 is 0 Å². The molecule has 2 rings (SSSR count). The number of hydrogen-bond donors (Lipinski definition) is 5. The molecule has 0 aliphatic heterocycles. The first-order valence-corrected chi connectivity index (χ1v) is 11.8. The summed E-state index contributed by atoms with van der Waals surface area (Å²) < 4.78 is 31.0. The number of para-hydroxylation sites is 1. The molecule has 0 unspecified atom stereocenters. The highest BCUT2D eigenvalue weighted by atomic mass is 32.2. The Bertz CT molecular complexity index is 920. The molecule has 0 amide bonds. The van der Waals surface area contributed by atoms with Crippen LogP contribution in [0.15, 0.2) is 59.5 Å². The van der Waals surface area contributed by atoms with E-state index < -0.39 is 10.1 Å². The van der Waals surface area contributed by atoms with Crippen molar-refractivity contribution in [3.8, 4) is 0 Å². The van der Waals surface area contributed by atoms with Crippen LogP contribution in [-0.4, -0.2) is 36.3 Å². The molecule has 0 aliphatic rings. The molecule has 30 heavy (non-hydrogen) atoms. The minimum Gasteiger partial charge on any atom is -0.362 e. The van der Waals surface area contributed by atoms with Crippen LogP contribution in [0.5, 0.6) is 0 Å². The molecule has 0 bridgehead atoms. The Labute approximate surface area is 188 Å². The van der Waals surface area contributed by atoms with Gasteiger partial charge in [-0.05, 0) is 73.7 Å². The van der Waals surface area contributed by atoms with Crippen molar-refractivity contribution in [2.75, 3.05) is 23.7 Å². The van der Waals surface area contributed by atoms with Gasteiger partial charge in [0.2, 0.25) is 0 Å². The summed E-state index contributed by atoms with van der Waals surface area (Å²) in [6, 6.07) is 15.5. The first kappa shape index (κ1) is 24.0. The number of nitrogens with one attached hydrogen (secondary N) is 4. The fraction of sp³-hybridized carbons (Fsp3) is 0.300. The van der Waals surface area contributed by atoms with E-state index in [1.54, 1.807) is 12.1 Å². The minimum atomic E-state index is -4.19. The quantitative estimate of drug-likeness (QED) is 0.203. The summed E-state index contributed by atoms with van der Waals surface area (Å²) in [5.74, 6) is 0. The molecule has 7 nitrogen and oxygen atoms in total. The summed E-state index contributed by atoms with van der Waals surface area (Å²) in [6.45, 7) is 1.57. The molecule has 0 atom stereocenters. The van der Waals surface area contributed by atoms with Gasteiger partial charge in [-0.1, -0.05) is 31.0 Å². The van der Waals surface area contributed by atoms with Crippen LogP contribution >= 0.6 is 24.4 Å². The van der Waals surface area contributed by atoms with Gasteiger partial charge in [0.25, 0.3) is 10.1 Å². The van der Waals surface area contributed by atoms with Gasteiger partial charge < -0.3 is 21.3 Å². The van der Waals surface area contributed by atoms with Gasteiger partial charge in [-0.2, -0.15) is 8.42 Å². The molecule has 162 valence electrons. The molecule has 0 heterocycles. The second-order valence-corrected chi connectivity index (χ2v) is 8.78. The Morgan fingerprint density at radius 2 is 1.20 bits per heavy atom. The van der Waals surface area contributed by atoms with Gasteiger partial charge in [0.05, 0.1) is 4.90 Å². The molecule has 0 aliphatic carbocycles. The standard InChI is InChI=1S/C20H26N4O3S3/c25-30(26,27)18-12-10-17(11-13-18)24-20(29)22-15-7-2-1-6-14-21-19(28)23-16-8-4-3-5-9-16/h3-5,8-13H,1-2,6-7,14-15H2,(H2,21,23,28)(H2,22,24,29)(H,25,26,27). The third kappa shape index (κ3) is 9.49. The van der Waals surface area contributed by atoms with Crippen molar-refractivity contribution in [1.29, 1.82) is 0 Å². The molecular formula is C20H26N4O3S3. The zero-order chi connectivity index (χ0) is 21.8. The summed E-state index contributed by atoms with van der Waals surface area (Å²) in [5, 5.41) is 13.5. The lowest BCUT2D eigenvalue weighted by Crippen LogP contribution is -2.29. The maximum Gasteiger partial charge on any atom is 0.294 e. The van der Waals surface area contributed by atoms with Crippen LogP contribution in [0, 0.1) is 0 Å². The monoisotopic (exact) mass is 466 g/mol. The highest BCUT2D eigenvalue weighted by Crippen LogP contribution is 2.13. The molecule has 0 fully saturated rings. The number of anilines is 2. The van der Waals surface area contributed by atoms with Gasteiger partial charge in [0.15, 0.2) is 10.2 Å². The Kier molecular flexibility index (Phi) is 9.95. The summed E-state index contributed by atoms with van der Waals surface area (Å²) in [7, 11) is -4.19. The average molecular weight is 467 g/mol. The van der Waals surface area contributed by atoms with Crippen LogP contribution in [0.3, 0.4) is 0 Å². The molecule has 0 spiro atoms. The van der Waals surface area contributed by atoms with Crippen molar-refractivity contribution in [3.05, 3.63) is 54.6 Å². The molecule has 2 aromatic carbocycles. The van der Waals surface area contributed by atoms with Gasteiger partial charge >= 0.3 is 0 Å². The number of unbranched alkanes of at least 4 members (excludes halogenated alkanes) is 3. The molecule has 0 radical (unpaired) electrons. The highest BCUT2D eigenvalue weighted by molar-refractivity contribution is 7.85. The normalized spacial score (nSPS) is 10.8. The van der Waals surface area contributed by atoms with Gasteiger partial charge in [-0.3, -0.25) is 4.55 Å². The van der Waals surface area contributed by atoms with Crippen molar-refractivity contribution in [1.82, 2.24) is 10.6 Å². The van der Waals surface area contributed by atoms with Crippen molar-refractivity contribution >= 4 is 56.2 Å². The van der Waals surface area contributed by atoms with Crippen molar-refractivity contribution in [2.24, 2.45) is 0 Å². The molecule has 10 heteroatoms. The molecule has 0 saturated heterocycles. The van der Waals surface area contributed by atoms with Crippen molar-refractivity contribution < 1.29 is 13.0 Å². The van der Waals surface area contributed by atoms with Crippen LogP contribution < -0.4 is 21.3 Å². The molecule has 2 aromatic rings. The SMILES string of the molecule is O=S(=O)(O)c1ccc(NC(=S)NCCCCCCNC(=S)Nc2ccccc2)cc1. The molecule has 5 N–H and O–H groups in total. The lowest BCUT2D eigenvalue weighted by atomic mass is 10.2. The Hall–Kier alpha value is -2.27. The second kappa shape index (κ2) is 12.4. The van der Waals surface area contributed by atoms with Crippen LogP contribution in [0.25, 0.3) is 0 Å². The Morgan fingerprint density at radius 3 is 1.67 bits per heavy atom. The summed E-state index contributed by atoms with van der Waals surface area (Å²) in [5.41, 5.74) is 1.62. The van der Waals surface area contributed by atoms with Crippen LogP contribution in [-0.2, 0) is 10.1 Å². The van der Waals surface area contributed by atoms with E-state index in [4.69, 9.17) is 29.0 Å².